The molecule has 4 aromatic rings. The molecular weight excluding hydrogens is 400 g/mol. The predicted octanol–water partition coefficient (Wildman–Crippen LogP) is 5.12. The molecule has 0 radical (unpaired) electrons. The van der Waals surface area contributed by atoms with E-state index in [1.807, 2.05) is 48.5 Å². The smallest absolute Gasteiger partial charge is 0.179 e. The van der Waals surface area contributed by atoms with Crippen LogP contribution in [0, 0.1) is 0 Å². The van der Waals surface area contributed by atoms with Crippen LogP contribution in [0.15, 0.2) is 60.9 Å². The van der Waals surface area contributed by atoms with E-state index in [2.05, 4.69) is 10.3 Å². The Morgan fingerprint density at radius 1 is 0.967 bits per heavy atom. The molecule has 1 aliphatic rings. The first-order valence-corrected chi connectivity index (χ1v) is 10.1. The number of rotatable bonds is 4. The Balaban J connectivity index is 1.48. The van der Waals surface area contributed by atoms with Crippen LogP contribution in [0.1, 0.15) is 12.0 Å². The molecule has 30 heavy (non-hydrogen) atoms. The molecule has 2 aromatic carbocycles. The average molecular weight is 419 g/mol. The van der Waals surface area contributed by atoms with Gasteiger partial charge in [-0.3, -0.25) is 4.98 Å². The molecule has 150 valence electrons. The molecule has 3 heterocycles. The van der Waals surface area contributed by atoms with Gasteiger partial charge in [0.2, 0.25) is 0 Å². The van der Waals surface area contributed by atoms with E-state index in [9.17, 15) is 0 Å². The van der Waals surface area contributed by atoms with Crippen LogP contribution < -0.4 is 14.8 Å². The average Bonchev–Trinajstić information content (AvgIpc) is 3.04. The van der Waals surface area contributed by atoms with Crippen molar-refractivity contribution in [2.24, 2.45) is 0 Å². The molecule has 7 heteroatoms. The Labute approximate surface area is 178 Å². The Bertz CT molecular complexity index is 1200. The van der Waals surface area contributed by atoms with Crippen molar-refractivity contribution in [3.8, 4) is 22.9 Å². The number of pyridine rings is 1. The van der Waals surface area contributed by atoms with Crippen molar-refractivity contribution in [3.63, 3.8) is 0 Å². The molecule has 0 aliphatic carbocycles. The van der Waals surface area contributed by atoms with Crippen molar-refractivity contribution >= 4 is 28.3 Å². The van der Waals surface area contributed by atoms with Crippen LogP contribution in [0.5, 0.6) is 11.5 Å². The van der Waals surface area contributed by atoms with Crippen LogP contribution in [-0.4, -0.2) is 28.2 Å². The SMILES string of the molecule is Clc1cc(CNc2nc(-c3ccncc3)nc3ccccc23)cc2c1OCCCO2. The summed E-state index contributed by atoms with van der Waals surface area (Å²) in [7, 11) is 0. The van der Waals surface area contributed by atoms with E-state index in [0.29, 0.717) is 42.1 Å². The highest BCUT2D eigenvalue weighted by Crippen LogP contribution is 2.38. The third kappa shape index (κ3) is 3.74. The topological polar surface area (TPSA) is 69.2 Å². The summed E-state index contributed by atoms with van der Waals surface area (Å²) < 4.78 is 11.5. The fourth-order valence-corrected chi connectivity index (χ4v) is 3.70. The molecule has 0 amide bonds. The van der Waals surface area contributed by atoms with Gasteiger partial charge in [0.05, 0.1) is 23.8 Å². The number of halogens is 1. The van der Waals surface area contributed by atoms with E-state index in [-0.39, 0.29) is 0 Å². The van der Waals surface area contributed by atoms with Gasteiger partial charge < -0.3 is 14.8 Å². The molecule has 0 unspecified atom stereocenters. The maximum Gasteiger partial charge on any atom is 0.179 e. The summed E-state index contributed by atoms with van der Waals surface area (Å²) in [5.41, 5.74) is 2.77. The van der Waals surface area contributed by atoms with Gasteiger partial charge in [-0.2, -0.15) is 0 Å². The van der Waals surface area contributed by atoms with Crippen LogP contribution in [0.4, 0.5) is 5.82 Å². The van der Waals surface area contributed by atoms with Gasteiger partial charge in [0, 0.05) is 36.3 Å². The summed E-state index contributed by atoms with van der Waals surface area (Å²) >= 11 is 6.44. The number of para-hydroxylation sites is 1. The van der Waals surface area contributed by atoms with Crippen molar-refractivity contribution in [2.75, 3.05) is 18.5 Å². The van der Waals surface area contributed by atoms with E-state index >= 15 is 0 Å². The van der Waals surface area contributed by atoms with Crippen LogP contribution in [0.25, 0.3) is 22.3 Å². The fourth-order valence-electron chi connectivity index (χ4n) is 3.41. The largest absolute Gasteiger partial charge is 0.489 e. The molecule has 1 aliphatic heterocycles. The van der Waals surface area contributed by atoms with E-state index in [4.69, 9.17) is 31.0 Å². The lowest BCUT2D eigenvalue weighted by Crippen LogP contribution is -2.05. The minimum atomic E-state index is 0.535. The van der Waals surface area contributed by atoms with Gasteiger partial charge in [0.25, 0.3) is 0 Å². The molecule has 0 spiro atoms. The van der Waals surface area contributed by atoms with Crippen molar-refractivity contribution < 1.29 is 9.47 Å². The Hall–Kier alpha value is -3.38. The summed E-state index contributed by atoms with van der Waals surface area (Å²) in [5.74, 6) is 2.71. The third-order valence-corrected chi connectivity index (χ3v) is 5.14. The fraction of sp³-hybridized carbons (Fsp3) is 0.174. The second kappa shape index (κ2) is 8.16. The third-order valence-electron chi connectivity index (χ3n) is 4.86. The zero-order chi connectivity index (χ0) is 20.3. The molecular formula is C23H19ClN4O2. The van der Waals surface area contributed by atoms with Crippen molar-refractivity contribution in [1.29, 1.82) is 0 Å². The Morgan fingerprint density at radius 3 is 2.70 bits per heavy atom. The molecule has 0 saturated heterocycles. The normalized spacial score (nSPS) is 13.1. The summed E-state index contributed by atoms with van der Waals surface area (Å²) in [5, 5.41) is 4.95. The van der Waals surface area contributed by atoms with E-state index in [1.54, 1.807) is 12.4 Å². The zero-order valence-electron chi connectivity index (χ0n) is 16.1. The minimum Gasteiger partial charge on any atom is -0.489 e. The second-order valence-corrected chi connectivity index (χ2v) is 7.36. The highest BCUT2D eigenvalue weighted by atomic mass is 35.5. The summed E-state index contributed by atoms with van der Waals surface area (Å²) in [6.07, 6.45) is 4.31. The molecule has 1 N–H and O–H groups in total. The van der Waals surface area contributed by atoms with Gasteiger partial charge in [-0.15, -0.1) is 0 Å². The number of ether oxygens (including phenoxy) is 2. The summed E-state index contributed by atoms with van der Waals surface area (Å²) in [4.78, 5) is 13.6. The molecule has 0 atom stereocenters. The van der Waals surface area contributed by atoms with Crippen LogP contribution in [0.3, 0.4) is 0 Å². The van der Waals surface area contributed by atoms with Crippen LogP contribution >= 0.6 is 11.6 Å². The van der Waals surface area contributed by atoms with Crippen LogP contribution in [-0.2, 0) is 6.54 Å². The number of hydrogen-bond donors (Lipinski definition) is 1. The lowest BCUT2D eigenvalue weighted by atomic mass is 10.1. The number of nitrogens with zero attached hydrogens (tertiary/aromatic N) is 3. The highest BCUT2D eigenvalue weighted by Gasteiger charge is 2.16. The maximum absolute atomic E-state index is 6.44. The lowest BCUT2D eigenvalue weighted by Gasteiger charge is -2.14. The summed E-state index contributed by atoms with van der Waals surface area (Å²) in [6, 6.07) is 15.6. The van der Waals surface area contributed by atoms with Gasteiger partial charge in [-0.25, -0.2) is 9.97 Å². The van der Waals surface area contributed by atoms with Crippen molar-refractivity contribution in [1.82, 2.24) is 15.0 Å². The first-order chi connectivity index (χ1) is 14.8. The number of aromatic nitrogens is 3. The van der Waals surface area contributed by atoms with Gasteiger partial charge in [-0.05, 0) is 42.0 Å². The van der Waals surface area contributed by atoms with Crippen molar-refractivity contribution in [3.05, 3.63) is 71.5 Å². The molecule has 6 nitrogen and oxygen atoms in total. The minimum absolute atomic E-state index is 0.535. The molecule has 0 fully saturated rings. The zero-order valence-corrected chi connectivity index (χ0v) is 16.9. The number of nitrogens with one attached hydrogen (secondary N) is 1. The monoisotopic (exact) mass is 418 g/mol. The van der Waals surface area contributed by atoms with Crippen molar-refractivity contribution in [2.45, 2.75) is 13.0 Å². The second-order valence-electron chi connectivity index (χ2n) is 6.96. The summed E-state index contributed by atoms with van der Waals surface area (Å²) in [6.45, 7) is 1.76. The number of benzene rings is 2. The molecule has 5 rings (SSSR count). The predicted molar refractivity (Wildman–Crippen MR) is 117 cm³/mol. The highest BCUT2D eigenvalue weighted by molar-refractivity contribution is 6.32. The molecule has 2 aromatic heterocycles. The standard InChI is InChI=1S/C23H19ClN4O2/c24-18-12-15(13-20-21(18)30-11-3-10-29-20)14-26-23-17-4-1-2-5-19(17)27-22(28-23)16-6-8-25-9-7-16/h1-2,4-9,12-13H,3,10-11,14H2,(H,26,27,28). The van der Waals surface area contributed by atoms with Crippen LogP contribution in [0.2, 0.25) is 5.02 Å². The maximum atomic E-state index is 6.44. The number of hydrogen-bond acceptors (Lipinski definition) is 6. The Morgan fingerprint density at radius 2 is 1.80 bits per heavy atom. The van der Waals surface area contributed by atoms with Gasteiger partial charge in [0.15, 0.2) is 17.3 Å². The molecule has 0 saturated carbocycles. The van der Waals surface area contributed by atoms with Gasteiger partial charge >= 0.3 is 0 Å². The first kappa shape index (κ1) is 18.6. The molecule has 0 bridgehead atoms. The lowest BCUT2D eigenvalue weighted by molar-refractivity contribution is 0.297. The first-order valence-electron chi connectivity index (χ1n) is 9.77. The van der Waals surface area contributed by atoms with E-state index in [1.165, 1.54) is 0 Å². The van der Waals surface area contributed by atoms with Gasteiger partial charge in [-0.1, -0.05) is 23.7 Å². The van der Waals surface area contributed by atoms with E-state index in [0.717, 1.165) is 34.3 Å². The number of fused-ring (bicyclic) bond motifs is 2. The quantitative estimate of drug-likeness (QED) is 0.496. The van der Waals surface area contributed by atoms with Gasteiger partial charge in [0.1, 0.15) is 5.82 Å². The van der Waals surface area contributed by atoms with E-state index < -0.39 is 0 Å². The Kier molecular flexibility index (Phi) is 5.07. The number of anilines is 1.